The first-order valence-electron chi connectivity index (χ1n) is 33.2. The van der Waals surface area contributed by atoms with Crippen LogP contribution in [0.25, 0.3) is 0 Å². The summed E-state index contributed by atoms with van der Waals surface area (Å²) in [5.74, 6) is -0.885. The molecule has 78 heavy (non-hydrogen) atoms. The van der Waals surface area contributed by atoms with Crippen molar-refractivity contribution in [3.8, 4) is 0 Å². The second-order valence-corrected chi connectivity index (χ2v) is 22.0. The Hall–Kier alpha value is -3.67. The SMILES string of the molecule is CC/C=C\C/C=C\C/C=C\C/C=C\C/C=C\C/C=C\CCCCCCCCCCCCC(=O)OCC(COC(=O)CCCCCCC/C=C\C/C=C\CCCCC)OC(=O)CCCCCCCCCCCCCCCCCC. The summed E-state index contributed by atoms with van der Waals surface area (Å²) in [6.07, 6.45) is 88.4. The van der Waals surface area contributed by atoms with E-state index < -0.39 is 6.10 Å². The molecule has 0 radical (unpaired) electrons. The smallest absolute Gasteiger partial charge is 0.306 e. The Morgan fingerprint density at radius 1 is 0.269 bits per heavy atom. The average molecular weight is 1090 g/mol. The molecule has 6 nitrogen and oxygen atoms in total. The summed E-state index contributed by atoms with van der Waals surface area (Å²) in [4.78, 5) is 38.3. The highest BCUT2D eigenvalue weighted by Gasteiger charge is 2.19. The molecule has 0 aromatic carbocycles. The van der Waals surface area contributed by atoms with Crippen LogP contribution in [0.3, 0.4) is 0 Å². The summed E-state index contributed by atoms with van der Waals surface area (Å²) in [7, 11) is 0. The lowest BCUT2D eigenvalue weighted by molar-refractivity contribution is -0.167. The van der Waals surface area contributed by atoms with Crippen LogP contribution in [0.5, 0.6) is 0 Å². The monoisotopic (exact) mass is 1080 g/mol. The van der Waals surface area contributed by atoms with E-state index in [1.165, 1.54) is 167 Å². The predicted octanol–water partition coefficient (Wildman–Crippen LogP) is 22.8. The van der Waals surface area contributed by atoms with Crippen LogP contribution < -0.4 is 0 Å². The molecule has 1 unspecified atom stereocenters. The molecule has 0 bridgehead atoms. The van der Waals surface area contributed by atoms with Crippen molar-refractivity contribution in [2.45, 2.75) is 329 Å². The van der Waals surface area contributed by atoms with Gasteiger partial charge in [0.1, 0.15) is 13.2 Å². The van der Waals surface area contributed by atoms with Crippen molar-refractivity contribution in [2.75, 3.05) is 13.2 Å². The molecule has 0 spiro atoms. The Kier molecular flexibility index (Phi) is 62.7. The Morgan fingerprint density at radius 2 is 0.500 bits per heavy atom. The van der Waals surface area contributed by atoms with Gasteiger partial charge >= 0.3 is 17.9 Å². The Bertz CT molecular complexity index is 1530. The summed E-state index contributed by atoms with van der Waals surface area (Å²) in [5.41, 5.74) is 0. The molecule has 448 valence electrons. The average Bonchev–Trinajstić information content (AvgIpc) is 3.44. The van der Waals surface area contributed by atoms with E-state index in [1.807, 2.05) is 0 Å². The summed E-state index contributed by atoms with van der Waals surface area (Å²) in [6, 6.07) is 0. The van der Waals surface area contributed by atoms with Crippen LogP contribution >= 0.6 is 0 Å². The molecule has 0 N–H and O–H groups in total. The lowest BCUT2D eigenvalue weighted by atomic mass is 10.0. The van der Waals surface area contributed by atoms with Crippen molar-refractivity contribution in [2.24, 2.45) is 0 Å². The lowest BCUT2D eigenvalue weighted by Gasteiger charge is -2.18. The van der Waals surface area contributed by atoms with Gasteiger partial charge in [0, 0.05) is 19.3 Å². The molecule has 0 aliphatic carbocycles. The van der Waals surface area contributed by atoms with E-state index in [-0.39, 0.29) is 31.1 Å². The first-order chi connectivity index (χ1) is 38.5. The second kappa shape index (κ2) is 65.8. The molecule has 0 saturated carbocycles. The Labute approximate surface area is 483 Å². The number of ether oxygens (including phenoxy) is 3. The maximum absolute atomic E-state index is 12.9. The Morgan fingerprint density at radius 3 is 0.808 bits per heavy atom. The summed E-state index contributed by atoms with van der Waals surface area (Å²) in [6.45, 7) is 6.52. The van der Waals surface area contributed by atoms with Gasteiger partial charge in [0.25, 0.3) is 0 Å². The van der Waals surface area contributed by atoms with E-state index in [0.29, 0.717) is 19.3 Å². The minimum atomic E-state index is -0.785. The van der Waals surface area contributed by atoms with Gasteiger partial charge in [-0.1, -0.05) is 298 Å². The number of allylic oxidation sites excluding steroid dienone is 16. The number of unbranched alkanes of at least 4 members (excludes halogenated alkanes) is 33. The third-order valence-electron chi connectivity index (χ3n) is 14.3. The van der Waals surface area contributed by atoms with Gasteiger partial charge in [-0.15, -0.1) is 0 Å². The predicted molar refractivity (Wildman–Crippen MR) is 339 cm³/mol. The van der Waals surface area contributed by atoms with Crippen LogP contribution in [0.4, 0.5) is 0 Å². The summed E-state index contributed by atoms with van der Waals surface area (Å²) < 4.78 is 16.9. The largest absolute Gasteiger partial charge is 0.462 e. The standard InChI is InChI=1S/C72H124O6/c1-4-7-10-13-16-19-22-25-28-30-31-32-33-34-35-36-37-38-39-40-41-42-45-47-50-53-56-59-62-65-71(74)77-68-69(67-76-70(73)64-61-58-55-52-49-46-43-27-24-21-18-15-12-9-6-3)78-72(75)66-63-60-57-54-51-48-44-29-26-23-20-17-14-11-8-5-2/h7,10,16,18-19,21,25,27-28,31-32,34-35,37-38,43,69H,4-6,8-9,11-15,17,20,22-24,26,29-30,33,36,39-42,44-68H2,1-3H3/b10-7-,19-16-,21-18-,28-25-,32-31-,35-34-,38-37-,43-27-. The van der Waals surface area contributed by atoms with E-state index >= 15 is 0 Å². The lowest BCUT2D eigenvalue weighted by Crippen LogP contribution is -2.30. The fourth-order valence-electron chi connectivity index (χ4n) is 9.36. The zero-order valence-corrected chi connectivity index (χ0v) is 51.4. The van der Waals surface area contributed by atoms with Gasteiger partial charge in [-0.3, -0.25) is 14.4 Å². The van der Waals surface area contributed by atoms with Gasteiger partial charge in [-0.05, 0) is 103 Å². The molecule has 0 aliphatic rings. The molecule has 0 aliphatic heterocycles. The second-order valence-electron chi connectivity index (χ2n) is 22.0. The van der Waals surface area contributed by atoms with Crippen molar-refractivity contribution in [1.29, 1.82) is 0 Å². The molecular weight excluding hydrogens is 961 g/mol. The van der Waals surface area contributed by atoms with Crippen molar-refractivity contribution in [1.82, 2.24) is 0 Å². The molecule has 0 amide bonds. The van der Waals surface area contributed by atoms with Gasteiger partial charge in [-0.2, -0.15) is 0 Å². The zero-order valence-electron chi connectivity index (χ0n) is 51.4. The molecule has 0 rings (SSSR count). The highest BCUT2D eigenvalue weighted by molar-refractivity contribution is 5.71. The molecule has 0 heterocycles. The number of rotatable bonds is 60. The third kappa shape index (κ3) is 63.2. The van der Waals surface area contributed by atoms with Gasteiger partial charge in [0.2, 0.25) is 0 Å². The fraction of sp³-hybridized carbons (Fsp3) is 0.736. The zero-order chi connectivity index (χ0) is 56.4. The van der Waals surface area contributed by atoms with Gasteiger partial charge < -0.3 is 14.2 Å². The molecular formula is C72H124O6. The topological polar surface area (TPSA) is 78.9 Å². The number of esters is 3. The van der Waals surface area contributed by atoms with Crippen molar-refractivity contribution in [3.05, 3.63) is 97.2 Å². The number of carbonyl (C=O) groups is 3. The highest BCUT2D eigenvalue weighted by Crippen LogP contribution is 2.17. The molecule has 6 heteroatoms. The first kappa shape index (κ1) is 74.3. The normalized spacial score (nSPS) is 12.7. The number of hydrogen-bond acceptors (Lipinski definition) is 6. The Balaban J connectivity index is 4.30. The maximum Gasteiger partial charge on any atom is 0.306 e. The summed E-state index contributed by atoms with van der Waals surface area (Å²) >= 11 is 0. The first-order valence-corrected chi connectivity index (χ1v) is 33.2. The third-order valence-corrected chi connectivity index (χ3v) is 14.3. The van der Waals surface area contributed by atoms with E-state index in [9.17, 15) is 14.4 Å². The van der Waals surface area contributed by atoms with Crippen LogP contribution in [0, 0.1) is 0 Å². The molecule has 0 aromatic rings. The molecule has 0 fully saturated rings. The van der Waals surface area contributed by atoms with E-state index in [1.54, 1.807) is 0 Å². The minimum Gasteiger partial charge on any atom is -0.462 e. The summed E-state index contributed by atoms with van der Waals surface area (Å²) in [5, 5.41) is 0. The van der Waals surface area contributed by atoms with Crippen LogP contribution in [-0.4, -0.2) is 37.2 Å². The maximum atomic E-state index is 12.9. The highest BCUT2D eigenvalue weighted by atomic mass is 16.6. The fourth-order valence-corrected chi connectivity index (χ4v) is 9.36. The van der Waals surface area contributed by atoms with E-state index in [0.717, 1.165) is 116 Å². The molecule has 0 aromatic heterocycles. The van der Waals surface area contributed by atoms with Gasteiger partial charge in [-0.25, -0.2) is 0 Å². The van der Waals surface area contributed by atoms with E-state index in [2.05, 4.69) is 118 Å². The quantitative estimate of drug-likeness (QED) is 0.0261. The van der Waals surface area contributed by atoms with Crippen molar-refractivity contribution < 1.29 is 28.6 Å². The van der Waals surface area contributed by atoms with Crippen LogP contribution in [-0.2, 0) is 28.6 Å². The van der Waals surface area contributed by atoms with Gasteiger partial charge in [0.05, 0.1) is 0 Å². The molecule has 0 saturated heterocycles. The number of hydrogen-bond donors (Lipinski definition) is 0. The number of carbonyl (C=O) groups excluding carboxylic acids is 3. The van der Waals surface area contributed by atoms with E-state index in [4.69, 9.17) is 14.2 Å². The molecule has 1 atom stereocenters. The van der Waals surface area contributed by atoms with Crippen molar-refractivity contribution >= 4 is 17.9 Å². The van der Waals surface area contributed by atoms with Crippen LogP contribution in [0.2, 0.25) is 0 Å². The van der Waals surface area contributed by atoms with Crippen LogP contribution in [0.1, 0.15) is 323 Å². The minimum absolute atomic E-state index is 0.0815. The van der Waals surface area contributed by atoms with Crippen molar-refractivity contribution in [3.63, 3.8) is 0 Å². The van der Waals surface area contributed by atoms with Gasteiger partial charge in [0.15, 0.2) is 6.10 Å². The van der Waals surface area contributed by atoms with Crippen LogP contribution in [0.15, 0.2) is 97.2 Å².